The van der Waals surface area contributed by atoms with Crippen molar-refractivity contribution in [3.05, 3.63) is 0 Å². The molecule has 72 valence electrons. The molecule has 0 spiro atoms. The molecule has 1 heterocycles. The fourth-order valence-electron chi connectivity index (χ4n) is 1.83. The van der Waals surface area contributed by atoms with Gasteiger partial charge in [-0.05, 0) is 52.4 Å². The highest BCUT2D eigenvalue weighted by atomic mass is 15.1. The van der Waals surface area contributed by atoms with Crippen molar-refractivity contribution < 1.29 is 0 Å². The van der Waals surface area contributed by atoms with Crippen LogP contribution in [0.2, 0.25) is 0 Å². The smallest absolute Gasteiger partial charge is 0.00507 e. The molecule has 0 aromatic carbocycles. The molecule has 1 rings (SSSR count). The third kappa shape index (κ3) is 3.55. The first kappa shape index (κ1) is 10.0. The highest BCUT2D eigenvalue weighted by Gasteiger charge is 2.11. The van der Waals surface area contributed by atoms with E-state index in [0.717, 1.165) is 6.54 Å². The van der Waals surface area contributed by atoms with Crippen LogP contribution in [0.1, 0.15) is 33.1 Å². The van der Waals surface area contributed by atoms with Crippen molar-refractivity contribution in [2.45, 2.75) is 39.2 Å². The summed E-state index contributed by atoms with van der Waals surface area (Å²) in [6.45, 7) is 9.50. The van der Waals surface area contributed by atoms with Crippen LogP contribution in [0.5, 0.6) is 0 Å². The van der Waals surface area contributed by atoms with Gasteiger partial charge in [0.2, 0.25) is 0 Å². The van der Waals surface area contributed by atoms with Crippen molar-refractivity contribution in [3.63, 3.8) is 0 Å². The molecule has 1 atom stereocenters. The lowest BCUT2D eigenvalue weighted by molar-refractivity contribution is 0.315. The molecule has 0 amide bonds. The second kappa shape index (κ2) is 5.55. The molecule has 1 N–H and O–H groups in total. The van der Waals surface area contributed by atoms with Gasteiger partial charge in [-0.1, -0.05) is 6.92 Å². The Bertz CT molecular complexity index is 108. The van der Waals surface area contributed by atoms with Crippen molar-refractivity contribution in [1.82, 2.24) is 10.2 Å². The van der Waals surface area contributed by atoms with Gasteiger partial charge in [-0.3, -0.25) is 0 Å². The number of nitrogens with one attached hydrogen (secondary N) is 1. The van der Waals surface area contributed by atoms with Crippen molar-refractivity contribution >= 4 is 0 Å². The number of hydrogen-bond acceptors (Lipinski definition) is 2. The third-order valence-electron chi connectivity index (χ3n) is 2.63. The number of likely N-dealkylation sites (tertiary alicyclic amines) is 1. The Labute approximate surface area is 76.3 Å². The van der Waals surface area contributed by atoms with Gasteiger partial charge in [-0.25, -0.2) is 0 Å². The van der Waals surface area contributed by atoms with Gasteiger partial charge in [0.1, 0.15) is 0 Å². The van der Waals surface area contributed by atoms with Crippen LogP contribution < -0.4 is 5.32 Å². The van der Waals surface area contributed by atoms with Gasteiger partial charge >= 0.3 is 0 Å². The van der Waals surface area contributed by atoms with Crippen LogP contribution >= 0.6 is 0 Å². The summed E-state index contributed by atoms with van der Waals surface area (Å²) in [5.74, 6) is 0. The molecular formula is C10H22N2. The Morgan fingerprint density at radius 3 is 2.58 bits per heavy atom. The Morgan fingerprint density at radius 2 is 2.00 bits per heavy atom. The van der Waals surface area contributed by atoms with E-state index < -0.39 is 0 Å². The first-order valence-corrected chi connectivity index (χ1v) is 5.28. The van der Waals surface area contributed by atoms with Crippen LogP contribution in [0.25, 0.3) is 0 Å². The molecule has 1 aliphatic rings. The van der Waals surface area contributed by atoms with Gasteiger partial charge in [0.25, 0.3) is 0 Å². The number of nitrogens with zero attached hydrogens (tertiary/aromatic N) is 1. The van der Waals surface area contributed by atoms with E-state index in [1.165, 1.54) is 38.9 Å². The maximum absolute atomic E-state index is 3.44. The lowest BCUT2D eigenvalue weighted by atomic mass is 10.2. The molecule has 12 heavy (non-hydrogen) atoms. The van der Waals surface area contributed by atoms with Crippen molar-refractivity contribution in [3.8, 4) is 0 Å². The van der Waals surface area contributed by atoms with E-state index in [2.05, 4.69) is 24.1 Å². The molecule has 0 aromatic rings. The SMILES string of the molecule is CCNC(C)CCN1CCCC1. The lowest BCUT2D eigenvalue weighted by Gasteiger charge is -2.18. The summed E-state index contributed by atoms with van der Waals surface area (Å²) in [6.07, 6.45) is 4.12. The fourth-order valence-corrected chi connectivity index (χ4v) is 1.83. The summed E-state index contributed by atoms with van der Waals surface area (Å²) in [4.78, 5) is 2.58. The van der Waals surface area contributed by atoms with E-state index in [1.54, 1.807) is 0 Å². The van der Waals surface area contributed by atoms with Gasteiger partial charge in [-0.2, -0.15) is 0 Å². The minimum Gasteiger partial charge on any atom is -0.314 e. The minimum atomic E-state index is 0.690. The molecular weight excluding hydrogens is 148 g/mol. The standard InChI is InChI=1S/C10H22N2/c1-3-11-10(2)6-9-12-7-4-5-8-12/h10-11H,3-9H2,1-2H3. The molecule has 1 aliphatic heterocycles. The second-order valence-corrected chi connectivity index (χ2v) is 3.80. The van der Waals surface area contributed by atoms with Gasteiger partial charge in [0, 0.05) is 6.04 Å². The summed E-state index contributed by atoms with van der Waals surface area (Å²) < 4.78 is 0. The van der Waals surface area contributed by atoms with Crippen LogP contribution in [0.4, 0.5) is 0 Å². The van der Waals surface area contributed by atoms with Crippen molar-refractivity contribution in [2.24, 2.45) is 0 Å². The summed E-state index contributed by atoms with van der Waals surface area (Å²) in [7, 11) is 0. The second-order valence-electron chi connectivity index (χ2n) is 3.80. The summed E-state index contributed by atoms with van der Waals surface area (Å²) in [5, 5.41) is 3.44. The van der Waals surface area contributed by atoms with Gasteiger partial charge in [0.05, 0.1) is 0 Å². The average Bonchev–Trinajstić information content (AvgIpc) is 2.53. The van der Waals surface area contributed by atoms with E-state index in [0.29, 0.717) is 6.04 Å². The summed E-state index contributed by atoms with van der Waals surface area (Å²) >= 11 is 0. The van der Waals surface area contributed by atoms with E-state index in [1.807, 2.05) is 0 Å². The maximum atomic E-state index is 3.44. The highest BCUT2D eigenvalue weighted by molar-refractivity contribution is 4.69. The quantitative estimate of drug-likeness (QED) is 0.672. The zero-order chi connectivity index (χ0) is 8.81. The Kier molecular flexibility index (Phi) is 4.62. The van der Waals surface area contributed by atoms with Gasteiger partial charge in [-0.15, -0.1) is 0 Å². The lowest BCUT2D eigenvalue weighted by Crippen LogP contribution is -2.31. The molecule has 0 bridgehead atoms. The number of hydrogen-bond donors (Lipinski definition) is 1. The minimum absolute atomic E-state index is 0.690. The maximum Gasteiger partial charge on any atom is 0.00507 e. The molecule has 1 saturated heterocycles. The van der Waals surface area contributed by atoms with E-state index in [4.69, 9.17) is 0 Å². The molecule has 2 nitrogen and oxygen atoms in total. The zero-order valence-corrected chi connectivity index (χ0v) is 8.47. The van der Waals surface area contributed by atoms with Gasteiger partial charge in [0.15, 0.2) is 0 Å². The first-order valence-electron chi connectivity index (χ1n) is 5.28. The molecule has 0 aliphatic carbocycles. The molecule has 1 unspecified atom stereocenters. The average molecular weight is 170 g/mol. The topological polar surface area (TPSA) is 15.3 Å². The van der Waals surface area contributed by atoms with Crippen LogP contribution in [-0.2, 0) is 0 Å². The zero-order valence-electron chi connectivity index (χ0n) is 8.47. The van der Waals surface area contributed by atoms with Crippen LogP contribution in [0.3, 0.4) is 0 Å². The van der Waals surface area contributed by atoms with E-state index >= 15 is 0 Å². The number of rotatable bonds is 5. The predicted octanol–water partition coefficient (Wildman–Crippen LogP) is 1.47. The van der Waals surface area contributed by atoms with Crippen molar-refractivity contribution in [1.29, 1.82) is 0 Å². The first-order chi connectivity index (χ1) is 5.83. The Balaban J connectivity index is 1.99. The molecule has 0 aromatic heterocycles. The highest BCUT2D eigenvalue weighted by Crippen LogP contribution is 2.08. The summed E-state index contributed by atoms with van der Waals surface area (Å²) in [6, 6.07) is 0.690. The van der Waals surface area contributed by atoms with E-state index in [-0.39, 0.29) is 0 Å². The van der Waals surface area contributed by atoms with Crippen LogP contribution in [-0.4, -0.2) is 37.1 Å². The molecule has 0 radical (unpaired) electrons. The van der Waals surface area contributed by atoms with E-state index in [9.17, 15) is 0 Å². The van der Waals surface area contributed by atoms with Gasteiger partial charge < -0.3 is 10.2 Å². The third-order valence-corrected chi connectivity index (χ3v) is 2.63. The summed E-state index contributed by atoms with van der Waals surface area (Å²) in [5.41, 5.74) is 0. The molecule has 1 fully saturated rings. The molecule has 2 heteroatoms. The van der Waals surface area contributed by atoms with Crippen LogP contribution in [0, 0.1) is 0 Å². The van der Waals surface area contributed by atoms with Crippen LogP contribution in [0.15, 0.2) is 0 Å². The predicted molar refractivity (Wildman–Crippen MR) is 53.4 cm³/mol. The monoisotopic (exact) mass is 170 g/mol. The Morgan fingerprint density at radius 1 is 1.33 bits per heavy atom. The normalized spacial score (nSPS) is 21.5. The fraction of sp³-hybridized carbons (Fsp3) is 1.00. The van der Waals surface area contributed by atoms with Crippen molar-refractivity contribution in [2.75, 3.05) is 26.2 Å². The largest absolute Gasteiger partial charge is 0.314 e. The molecule has 0 saturated carbocycles. The Hall–Kier alpha value is -0.0800.